The molecular formula is C15H15NO. The molecular weight excluding hydrogens is 210 g/mol. The van der Waals surface area contributed by atoms with E-state index in [2.05, 4.69) is 35.4 Å². The summed E-state index contributed by atoms with van der Waals surface area (Å²) in [4.78, 5) is 14.1. The van der Waals surface area contributed by atoms with E-state index in [1.165, 1.54) is 16.8 Å². The lowest BCUT2D eigenvalue weighted by Crippen LogP contribution is -2.35. The first kappa shape index (κ1) is 9.46. The standard InChI is InChI=1S/C15H15NO/c17-11-6-7-14-13(9-11)12-5-1-3-10-4-2-8-16(14)15(10)12/h1-3,5,8,13-14H,4,6-7,9H2. The van der Waals surface area contributed by atoms with Gasteiger partial charge in [0, 0.05) is 36.7 Å². The minimum atomic E-state index is 0.438. The molecule has 0 radical (unpaired) electrons. The summed E-state index contributed by atoms with van der Waals surface area (Å²) in [7, 11) is 0. The van der Waals surface area contributed by atoms with Crippen LogP contribution in [0.1, 0.15) is 36.3 Å². The molecule has 1 aromatic carbocycles. The van der Waals surface area contributed by atoms with Gasteiger partial charge >= 0.3 is 0 Å². The molecule has 0 N–H and O–H groups in total. The van der Waals surface area contributed by atoms with Gasteiger partial charge in [0.15, 0.2) is 0 Å². The zero-order valence-corrected chi connectivity index (χ0v) is 9.73. The molecule has 2 heteroatoms. The average Bonchev–Trinajstić information content (AvgIpc) is 2.67. The van der Waals surface area contributed by atoms with Gasteiger partial charge in [0.05, 0.1) is 0 Å². The second-order valence-corrected chi connectivity index (χ2v) is 5.31. The van der Waals surface area contributed by atoms with Crippen molar-refractivity contribution >= 4 is 11.5 Å². The van der Waals surface area contributed by atoms with Gasteiger partial charge in [0.1, 0.15) is 5.78 Å². The Balaban J connectivity index is 1.90. The maximum absolute atomic E-state index is 11.7. The van der Waals surface area contributed by atoms with Crippen LogP contribution >= 0.6 is 0 Å². The molecule has 4 rings (SSSR count). The minimum absolute atomic E-state index is 0.438. The second-order valence-electron chi connectivity index (χ2n) is 5.31. The van der Waals surface area contributed by atoms with Crippen molar-refractivity contribution in [1.82, 2.24) is 0 Å². The van der Waals surface area contributed by atoms with Crippen molar-refractivity contribution in [3.8, 4) is 0 Å². The number of anilines is 1. The molecule has 2 unspecified atom stereocenters. The number of benzene rings is 1. The number of hydrogen-bond acceptors (Lipinski definition) is 2. The van der Waals surface area contributed by atoms with Crippen molar-refractivity contribution in [2.24, 2.45) is 0 Å². The fraction of sp³-hybridized carbons (Fsp3) is 0.400. The van der Waals surface area contributed by atoms with Crippen LogP contribution in [0.4, 0.5) is 5.69 Å². The Labute approximate surface area is 101 Å². The van der Waals surface area contributed by atoms with E-state index in [1.807, 2.05) is 0 Å². The molecule has 2 heterocycles. The number of carbonyl (C=O) groups is 1. The number of carbonyl (C=O) groups excluding carboxylic acids is 1. The summed E-state index contributed by atoms with van der Waals surface area (Å²) in [6.45, 7) is 0. The molecule has 0 bridgehead atoms. The smallest absolute Gasteiger partial charge is 0.133 e. The lowest BCUT2D eigenvalue weighted by Gasteiger charge is -2.32. The van der Waals surface area contributed by atoms with Crippen molar-refractivity contribution in [3.63, 3.8) is 0 Å². The molecule has 0 spiro atoms. The highest BCUT2D eigenvalue weighted by molar-refractivity contribution is 5.83. The van der Waals surface area contributed by atoms with Crippen molar-refractivity contribution in [2.75, 3.05) is 4.90 Å². The van der Waals surface area contributed by atoms with E-state index in [9.17, 15) is 4.79 Å². The van der Waals surface area contributed by atoms with Crippen molar-refractivity contribution in [3.05, 3.63) is 41.6 Å². The van der Waals surface area contributed by atoms with Crippen LogP contribution in [0.15, 0.2) is 30.5 Å². The summed E-state index contributed by atoms with van der Waals surface area (Å²) >= 11 is 0. The molecule has 1 fully saturated rings. The number of fused-ring (bicyclic) bond motifs is 3. The fourth-order valence-electron chi connectivity index (χ4n) is 3.68. The summed E-state index contributed by atoms with van der Waals surface area (Å²) in [5, 5.41) is 0. The molecule has 2 aliphatic heterocycles. The summed E-state index contributed by atoms with van der Waals surface area (Å²) in [6, 6.07) is 7.11. The third-order valence-electron chi connectivity index (χ3n) is 4.40. The third-order valence-corrected chi connectivity index (χ3v) is 4.40. The summed E-state index contributed by atoms with van der Waals surface area (Å²) in [5.41, 5.74) is 4.23. The zero-order chi connectivity index (χ0) is 11.4. The molecule has 0 aromatic heterocycles. The maximum Gasteiger partial charge on any atom is 0.133 e. The SMILES string of the molecule is O=C1CCC2C(C1)c1cccc3c1N2C=CC3. The normalized spacial score (nSPS) is 29.2. The molecule has 0 amide bonds. The van der Waals surface area contributed by atoms with E-state index in [0.29, 0.717) is 17.7 Å². The first-order valence-corrected chi connectivity index (χ1v) is 6.43. The number of hydrogen-bond donors (Lipinski definition) is 0. The van der Waals surface area contributed by atoms with Crippen LogP contribution < -0.4 is 4.90 Å². The lowest BCUT2D eigenvalue weighted by molar-refractivity contribution is -0.120. The molecule has 1 aromatic rings. The van der Waals surface area contributed by atoms with Gasteiger partial charge in [-0.2, -0.15) is 0 Å². The molecule has 2 nitrogen and oxygen atoms in total. The molecule has 1 aliphatic carbocycles. The number of para-hydroxylation sites is 1. The molecule has 86 valence electrons. The quantitative estimate of drug-likeness (QED) is 0.676. The van der Waals surface area contributed by atoms with Crippen LogP contribution in [0.25, 0.3) is 0 Å². The number of rotatable bonds is 0. The Morgan fingerprint density at radius 1 is 1.29 bits per heavy atom. The number of nitrogens with zero attached hydrogens (tertiary/aromatic N) is 1. The Hall–Kier alpha value is -1.57. The highest BCUT2D eigenvalue weighted by atomic mass is 16.1. The molecule has 17 heavy (non-hydrogen) atoms. The van der Waals surface area contributed by atoms with E-state index in [0.717, 1.165) is 25.7 Å². The van der Waals surface area contributed by atoms with Gasteiger partial charge in [0.2, 0.25) is 0 Å². The van der Waals surface area contributed by atoms with Crippen LogP contribution in [-0.2, 0) is 11.2 Å². The van der Waals surface area contributed by atoms with Gasteiger partial charge in [0.25, 0.3) is 0 Å². The minimum Gasteiger partial charge on any atom is -0.344 e. The summed E-state index contributed by atoms with van der Waals surface area (Å²) in [5.74, 6) is 0.877. The fourth-order valence-corrected chi connectivity index (χ4v) is 3.68. The van der Waals surface area contributed by atoms with Gasteiger partial charge < -0.3 is 4.90 Å². The van der Waals surface area contributed by atoms with Gasteiger partial charge in [-0.15, -0.1) is 0 Å². The summed E-state index contributed by atoms with van der Waals surface area (Å²) < 4.78 is 0. The Bertz CT molecular complexity index is 532. The topological polar surface area (TPSA) is 20.3 Å². The monoisotopic (exact) mass is 225 g/mol. The molecule has 1 saturated carbocycles. The largest absolute Gasteiger partial charge is 0.344 e. The predicted molar refractivity (Wildman–Crippen MR) is 67.2 cm³/mol. The van der Waals surface area contributed by atoms with Gasteiger partial charge in [-0.25, -0.2) is 0 Å². The Kier molecular flexibility index (Phi) is 1.79. The number of ketones is 1. The van der Waals surface area contributed by atoms with E-state index >= 15 is 0 Å². The van der Waals surface area contributed by atoms with Crippen molar-refractivity contribution in [1.29, 1.82) is 0 Å². The van der Waals surface area contributed by atoms with E-state index in [-0.39, 0.29) is 0 Å². The van der Waals surface area contributed by atoms with Crippen LogP contribution in [0.2, 0.25) is 0 Å². The van der Waals surface area contributed by atoms with E-state index < -0.39 is 0 Å². The van der Waals surface area contributed by atoms with E-state index in [1.54, 1.807) is 0 Å². The molecule has 2 atom stereocenters. The first-order chi connectivity index (χ1) is 8.34. The predicted octanol–water partition coefficient (Wildman–Crippen LogP) is 2.78. The first-order valence-electron chi connectivity index (χ1n) is 6.43. The van der Waals surface area contributed by atoms with Crippen LogP contribution in [0.5, 0.6) is 0 Å². The maximum atomic E-state index is 11.7. The highest BCUT2D eigenvalue weighted by Gasteiger charge is 2.42. The third kappa shape index (κ3) is 1.18. The van der Waals surface area contributed by atoms with Gasteiger partial charge in [-0.05, 0) is 24.0 Å². The zero-order valence-electron chi connectivity index (χ0n) is 9.73. The van der Waals surface area contributed by atoms with Crippen molar-refractivity contribution in [2.45, 2.75) is 37.6 Å². The van der Waals surface area contributed by atoms with Crippen molar-refractivity contribution < 1.29 is 4.79 Å². The molecule has 3 aliphatic rings. The van der Waals surface area contributed by atoms with Gasteiger partial charge in [-0.1, -0.05) is 24.3 Å². The van der Waals surface area contributed by atoms with E-state index in [4.69, 9.17) is 0 Å². The number of Topliss-reactive ketones (excluding diaryl/α,β-unsaturated/α-hetero) is 1. The molecule has 0 saturated heterocycles. The lowest BCUT2D eigenvalue weighted by atomic mass is 9.81. The second kappa shape index (κ2) is 3.22. The van der Waals surface area contributed by atoms with Crippen LogP contribution in [0.3, 0.4) is 0 Å². The Morgan fingerprint density at radius 3 is 3.18 bits per heavy atom. The van der Waals surface area contributed by atoms with Crippen LogP contribution in [0, 0.1) is 0 Å². The summed E-state index contributed by atoms with van der Waals surface area (Å²) in [6.07, 6.45) is 8.02. The average molecular weight is 225 g/mol. The van der Waals surface area contributed by atoms with Gasteiger partial charge in [-0.3, -0.25) is 4.79 Å². The van der Waals surface area contributed by atoms with Crippen LogP contribution in [-0.4, -0.2) is 11.8 Å². The Morgan fingerprint density at radius 2 is 2.24 bits per heavy atom. The highest BCUT2D eigenvalue weighted by Crippen LogP contribution is 2.49. The number of allylic oxidation sites excluding steroid dienone is 1.